The second kappa shape index (κ2) is 4.35. The van der Waals surface area contributed by atoms with Crippen LogP contribution < -0.4 is 11.2 Å². The number of amides is 2. The van der Waals surface area contributed by atoms with Gasteiger partial charge in [-0.05, 0) is 24.8 Å². The van der Waals surface area contributed by atoms with Gasteiger partial charge in [-0.2, -0.15) is 5.10 Å². The standard InChI is InChI=1S/C12H15N3O/c1-8(14-15-12(13)16)10-7-11(10)9-5-3-2-4-6-9/h2-6,10-11H,7H2,1H3,(H3,13,15,16)/b14-8+. The molecule has 0 heterocycles. The quantitative estimate of drug-likeness (QED) is 0.588. The van der Waals surface area contributed by atoms with Crippen molar-refractivity contribution in [1.82, 2.24) is 5.43 Å². The van der Waals surface area contributed by atoms with Crippen LogP contribution in [0.25, 0.3) is 0 Å². The van der Waals surface area contributed by atoms with Gasteiger partial charge in [0.15, 0.2) is 0 Å². The van der Waals surface area contributed by atoms with Gasteiger partial charge in [-0.25, -0.2) is 10.2 Å². The van der Waals surface area contributed by atoms with E-state index in [1.54, 1.807) is 0 Å². The molecule has 84 valence electrons. The van der Waals surface area contributed by atoms with Gasteiger partial charge in [0.05, 0.1) is 0 Å². The third-order valence-electron chi connectivity index (χ3n) is 2.90. The zero-order chi connectivity index (χ0) is 11.5. The van der Waals surface area contributed by atoms with Crippen LogP contribution in [0.15, 0.2) is 35.4 Å². The van der Waals surface area contributed by atoms with E-state index in [9.17, 15) is 4.79 Å². The predicted octanol–water partition coefficient (Wildman–Crippen LogP) is 1.83. The summed E-state index contributed by atoms with van der Waals surface area (Å²) in [5, 5.41) is 3.95. The molecule has 2 atom stereocenters. The van der Waals surface area contributed by atoms with E-state index in [4.69, 9.17) is 5.73 Å². The van der Waals surface area contributed by atoms with E-state index in [1.807, 2.05) is 25.1 Å². The molecular formula is C12H15N3O. The molecule has 2 unspecified atom stereocenters. The van der Waals surface area contributed by atoms with Crippen molar-refractivity contribution in [2.75, 3.05) is 0 Å². The lowest BCUT2D eigenvalue weighted by Crippen LogP contribution is -2.25. The molecule has 0 spiro atoms. The Morgan fingerprint density at radius 2 is 2.12 bits per heavy atom. The summed E-state index contributed by atoms with van der Waals surface area (Å²) in [6.07, 6.45) is 1.10. The van der Waals surface area contributed by atoms with Gasteiger partial charge in [0.25, 0.3) is 0 Å². The first-order valence-electron chi connectivity index (χ1n) is 5.33. The average Bonchev–Trinajstić information content (AvgIpc) is 3.07. The van der Waals surface area contributed by atoms with Crippen LogP contribution in [-0.4, -0.2) is 11.7 Å². The van der Waals surface area contributed by atoms with Gasteiger partial charge in [0.1, 0.15) is 0 Å². The van der Waals surface area contributed by atoms with E-state index in [2.05, 4.69) is 22.7 Å². The average molecular weight is 217 g/mol. The number of primary amides is 1. The second-order valence-corrected chi connectivity index (χ2v) is 4.09. The molecule has 3 N–H and O–H groups in total. The third-order valence-corrected chi connectivity index (χ3v) is 2.90. The lowest BCUT2D eigenvalue weighted by Gasteiger charge is -2.00. The van der Waals surface area contributed by atoms with E-state index in [-0.39, 0.29) is 0 Å². The summed E-state index contributed by atoms with van der Waals surface area (Å²) >= 11 is 0. The molecular weight excluding hydrogens is 202 g/mol. The fourth-order valence-electron chi connectivity index (χ4n) is 1.95. The van der Waals surface area contributed by atoms with Crippen LogP contribution in [0.2, 0.25) is 0 Å². The molecule has 4 nitrogen and oxygen atoms in total. The largest absolute Gasteiger partial charge is 0.350 e. The first-order chi connectivity index (χ1) is 7.68. The molecule has 16 heavy (non-hydrogen) atoms. The van der Waals surface area contributed by atoms with Gasteiger partial charge in [-0.1, -0.05) is 30.3 Å². The third kappa shape index (κ3) is 2.39. The Bertz CT molecular complexity index is 414. The summed E-state index contributed by atoms with van der Waals surface area (Å²) in [5.74, 6) is 0.980. The number of nitrogens with zero attached hydrogens (tertiary/aromatic N) is 1. The fourth-order valence-corrected chi connectivity index (χ4v) is 1.95. The number of nitrogens with one attached hydrogen (secondary N) is 1. The first-order valence-corrected chi connectivity index (χ1v) is 5.33. The van der Waals surface area contributed by atoms with Gasteiger partial charge in [0.2, 0.25) is 0 Å². The highest BCUT2D eigenvalue weighted by Gasteiger charge is 2.40. The van der Waals surface area contributed by atoms with E-state index >= 15 is 0 Å². The summed E-state index contributed by atoms with van der Waals surface area (Å²) < 4.78 is 0. The van der Waals surface area contributed by atoms with Crippen molar-refractivity contribution in [2.45, 2.75) is 19.3 Å². The maximum absolute atomic E-state index is 10.5. The first kappa shape index (κ1) is 10.7. The predicted molar refractivity (Wildman–Crippen MR) is 63.1 cm³/mol. The molecule has 0 saturated heterocycles. The van der Waals surface area contributed by atoms with Gasteiger partial charge >= 0.3 is 6.03 Å². The van der Waals surface area contributed by atoms with Crippen LogP contribution >= 0.6 is 0 Å². The Kier molecular flexibility index (Phi) is 2.90. The van der Waals surface area contributed by atoms with E-state index < -0.39 is 6.03 Å². The molecule has 1 aliphatic rings. The van der Waals surface area contributed by atoms with Gasteiger partial charge in [-0.3, -0.25) is 0 Å². The normalized spacial score (nSPS) is 23.9. The molecule has 2 rings (SSSR count). The van der Waals surface area contributed by atoms with Crippen molar-refractivity contribution in [3.05, 3.63) is 35.9 Å². The molecule has 2 amide bonds. The number of carbonyl (C=O) groups excluding carboxylic acids is 1. The lowest BCUT2D eigenvalue weighted by atomic mass is 10.1. The van der Waals surface area contributed by atoms with E-state index in [0.717, 1.165) is 12.1 Å². The summed E-state index contributed by atoms with van der Waals surface area (Å²) in [7, 11) is 0. The minimum absolute atomic E-state index is 0.439. The molecule has 0 radical (unpaired) electrons. The van der Waals surface area contributed by atoms with Crippen LogP contribution in [0, 0.1) is 5.92 Å². The monoisotopic (exact) mass is 217 g/mol. The number of urea groups is 1. The number of benzene rings is 1. The van der Waals surface area contributed by atoms with Crippen molar-refractivity contribution < 1.29 is 4.79 Å². The molecule has 1 saturated carbocycles. The Morgan fingerprint density at radius 1 is 1.44 bits per heavy atom. The Labute approximate surface area is 94.5 Å². The molecule has 1 aliphatic carbocycles. The van der Waals surface area contributed by atoms with Crippen LogP contribution in [0.1, 0.15) is 24.8 Å². The Balaban J connectivity index is 1.96. The van der Waals surface area contributed by atoms with Crippen molar-refractivity contribution in [2.24, 2.45) is 16.8 Å². The fraction of sp³-hybridized carbons (Fsp3) is 0.333. The minimum atomic E-state index is -0.615. The molecule has 0 aromatic heterocycles. The highest BCUT2D eigenvalue weighted by molar-refractivity contribution is 5.89. The van der Waals surface area contributed by atoms with Crippen molar-refractivity contribution in [3.63, 3.8) is 0 Å². The van der Waals surface area contributed by atoms with E-state index in [0.29, 0.717) is 11.8 Å². The topological polar surface area (TPSA) is 67.5 Å². The summed E-state index contributed by atoms with van der Waals surface area (Å²) in [5.41, 5.74) is 9.49. The van der Waals surface area contributed by atoms with Crippen LogP contribution in [-0.2, 0) is 0 Å². The highest BCUT2D eigenvalue weighted by Crippen LogP contribution is 2.48. The minimum Gasteiger partial charge on any atom is -0.350 e. The molecule has 1 aromatic rings. The smallest absolute Gasteiger partial charge is 0.332 e. The molecule has 1 fully saturated rings. The second-order valence-electron chi connectivity index (χ2n) is 4.09. The number of carbonyl (C=O) groups is 1. The van der Waals surface area contributed by atoms with Crippen molar-refractivity contribution >= 4 is 11.7 Å². The zero-order valence-corrected chi connectivity index (χ0v) is 9.18. The summed E-state index contributed by atoms with van der Waals surface area (Å²) in [4.78, 5) is 10.5. The number of hydrazone groups is 1. The maximum Gasteiger partial charge on any atom is 0.332 e. The number of hydrogen-bond acceptors (Lipinski definition) is 2. The van der Waals surface area contributed by atoms with Crippen LogP contribution in [0.3, 0.4) is 0 Å². The number of rotatable bonds is 3. The van der Waals surface area contributed by atoms with Gasteiger partial charge in [-0.15, -0.1) is 0 Å². The lowest BCUT2D eigenvalue weighted by molar-refractivity contribution is 0.249. The maximum atomic E-state index is 10.5. The van der Waals surface area contributed by atoms with E-state index in [1.165, 1.54) is 5.56 Å². The van der Waals surface area contributed by atoms with Gasteiger partial charge < -0.3 is 5.73 Å². The Morgan fingerprint density at radius 3 is 2.75 bits per heavy atom. The number of nitrogens with two attached hydrogens (primary N) is 1. The molecule has 0 bridgehead atoms. The molecule has 4 heteroatoms. The van der Waals surface area contributed by atoms with Crippen LogP contribution in [0.5, 0.6) is 0 Å². The van der Waals surface area contributed by atoms with Crippen LogP contribution in [0.4, 0.5) is 4.79 Å². The summed E-state index contributed by atoms with van der Waals surface area (Å²) in [6.45, 7) is 1.92. The highest BCUT2D eigenvalue weighted by atomic mass is 16.2. The molecule has 1 aromatic carbocycles. The summed E-state index contributed by atoms with van der Waals surface area (Å²) in [6, 6.07) is 9.73. The number of hydrogen-bond donors (Lipinski definition) is 2. The SMILES string of the molecule is C/C(=N\NC(N)=O)C1CC1c1ccccc1. The molecule has 0 aliphatic heterocycles. The van der Waals surface area contributed by atoms with Crippen molar-refractivity contribution in [1.29, 1.82) is 0 Å². The Hall–Kier alpha value is -1.84. The van der Waals surface area contributed by atoms with Gasteiger partial charge in [0, 0.05) is 11.6 Å². The van der Waals surface area contributed by atoms with Crippen molar-refractivity contribution in [3.8, 4) is 0 Å². The zero-order valence-electron chi connectivity index (χ0n) is 9.18.